The third-order valence-corrected chi connectivity index (χ3v) is 2.93. The number of nitriles is 1. The average molecular weight is 274 g/mol. The number of anilines is 1. The standard InChI is InChI=1S/C15H18N2O3/c1-15(2)9-19-14(20-10-15)11-4-3-5-12(8-11)17-13(18)6-7-16/h3-5,8,14H,6,9-10H2,1-2H3,(H,17,18). The zero-order chi connectivity index (χ0) is 14.6. The van der Waals surface area contributed by atoms with Gasteiger partial charge < -0.3 is 14.8 Å². The minimum Gasteiger partial charge on any atom is -0.348 e. The fraction of sp³-hybridized carbons (Fsp3) is 0.467. The maximum Gasteiger partial charge on any atom is 0.238 e. The molecule has 0 bridgehead atoms. The predicted molar refractivity (Wildman–Crippen MR) is 73.7 cm³/mol. The van der Waals surface area contributed by atoms with Gasteiger partial charge >= 0.3 is 0 Å². The zero-order valence-electron chi connectivity index (χ0n) is 11.7. The fourth-order valence-corrected chi connectivity index (χ4v) is 1.92. The molecule has 1 amide bonds. The van der Waals surface area contributed by atoms with Crippen LogP contribution in [-0.2, 0) is 14.3 Å². The first kappa shape index (κ1) is 14.5. The topological polar surface area (TPSA) is 71.3 Å². The van der Waals surface area contributed by atoms with E-state index in [-0.39, 0.29) is 17.7 Å². The monoisotopic (exact) mass is 274 g/mol. The first-order valence-corrected chi connectivity index (χ1v) is 6.50. The molecule has 1 aliphatic heterocycles. The van der Waals surface area contributed by atoms with Crippen molar-refractivity contribution < 1.29 is 14.3 Å². The fourth-order valence-electron chi connectivity index (χ4n) is 1.92. The van der Waals surface area contributed by atoms with Crippen LogP contribution in [-0.4, -0.2) is 19.1 Å². The van der Waals surface area contributed by atoms with Crippen molar-refractivity contribution in [2.75, 3.05) is 18.5 Å². The minimum absolute atomic E-state index is 0.0229. The Labute approximate surface area is 118 Å². The number of benzene rings is 1. The molecule has 0 unspecified atom stereocenters. The van der Waals surface area contributed by atoms with Gasteiger partial charge in [-0.15, -0.1) is 0 Å². The van der Waals surface area contributed by atoms with Gasteiger partial charge in [-0.05, 0) is 12.1 Å². The highest BCUT2D eigenvalue weighted by Gasteiger charge is 2.29. The third kappa shape index (κ3) is 3.80. The van der Waals surface area contributed by atoms with Gasteiger partial charge in [-0.3, -0.25) is 4.79 Å². The van der Waals surface area contributed by atoms with Gasteiger partial charge in [0.25, 0.3) is 0 Å². The number of rotatable bonds is 3. The normalized spacial score (nSPS) is 18.2. The number of nitrogens with zero attached hydrogens (tertiary/aromatic N) is 1. The van der Waals surface area contributed by atoms with Crippen LogP contribution in [0.25, 0.3) is 0 Å². The first-order chi connectivity index (χ1) is 9.50. The van der Waals surface area contributed by atoms with Crippen LogP contribution in [0.4, 0.5) is 5.69 Å². The average Bonchev–Trinajstić information content (AvgIpc) is 2.39. The van der Waals surface area contributed by atoms with Crippen molar-refractivity contribution >= 4 is 11.6 Å². The second-order valence-electron chi connectivity index (χ2n) is 5.63. The first-order valence-electron chi connectivity index (χ1n) is 6.50. The van der Waals surface area contributed by atoms with Gasteiger partial charge in [0.05, 0.1) is 19.3 Å². The maximum atomic E-state index is 11.4. The number of hydrogen-bond donors (Lipinski definition) is 1. The summed E-state index contributed by atoms with van der Waals surface area (Å²) in [5.74, 6) is -0.323. The number of amides is 1. The summed E-state index contributed by atoms with van der Waals surface area (Å²) in [6.07, 6.45) is -0.565. The lowest BCUT2D eigenvalue weighted by molar-refractivity contribution is -0.226. The van der Waals surface area contributed by atoms with Crippen molar-refractivity contribution in [1.82, 2.24) is 0 Å². The van der Waals surface area contributed by atoms with E-state index in [2.05, 4.69) is 19.2 Å². The van der Waals surface area contributed by atoms with Crippen LogP contribution in [0.1, 0.15) is 32.1 Å². The number of ether oxygens (including phenoxy) is 2. The van der Waals surface area contributed by atoms with Gasteiger partial charge in [0, 0.05) is 16.7 Å². The molecule has 0 saturated carbocycles. The lowest BCUT2D eigenvalue weighted by atomic mass is 9.95. The lowest BCUT2D eigenvalue weighted by Crippen LogP contribution is -2.33. The molecule has 0 aliphatic carbocycles. The van der Waals surface area contributed by atoms with Crippen molar-refractivity contribution in [3.63, 3.8) is 0 Å². The van der Waals surface area contributed by atoms with Gasteiger partial charge in [-0.2, -0.15) is 5.26 Å². The van der Waals surface area contributed by atoms with Gasteiger partial charge in [0.2, 0.25) is 5.91 Å². The van der Waals surface area contributed by atoms with Crippen LogP contribution in [0.2, 0.25) is 0 Å². The minimum atomic E-state index is -0.407. The molecule has 1 aromatic rings. The predicted octanol–water partition coefficient (Wildman–Crippen LogP) is 2.61. The van der Waals surface area contributed by atoms with E-state index in [1.807, 2.05) is 18.2 Å². The molecule has 0 atom stereocenters. The molecule has 0 radical (unpaired) electrons. The highest BCUT2D eigenvalue weighted by atomic mass is 16.7. The quantitative estimate of drug-likeness (QED) is 0.919. The Kier molecular flexibility index (Phi) is 4.38. The molecule has 106 valence electrons. The van der Waals surface area contributed by atoms with Gasteiger partial charge in [-0.1, -0.05) is 26.0 Å². The molecule has 0 spiro atoms. The van der Waals surface area contributed by atoms with Crippen LogP contribution in [0.3, 0.4) is 0 Å². The Morgan fingerprint density at radius 2 is 2.15 bits per heavy atom. The Bertz CT molecular complexity index is 524. The highest BCUT2D eigenvalue weighted by molar-refractivity contribution is 5.92. The molecule has 1 aliphatic rings. The van der Waals surface area contributed by atoms with E-state index in [1.54, 1.807) is 12.1 Å². The van der Waals surface area contributed by atoms with Crippen LogP contribution < -0.4 is 5.32 Å². The third-order valence-electron chi connectivity index (χ3n) is 2.93. The van der Waals surface area contributed by atoms with Crippen molar-refractivity contribution in [3.8, 4) is 6.07 Å². The van der Waals surface area contributed by atoms with E-state index in [0.717, 1.165) is 5.56 Å². The Morgan fingerprint density at radius 3 is 2.80 bits per heavy atom. The number of hydrogen-bond acceptors (Lipinski definition) is 4. The van der Waals surface area contributed by atoms with Crippen LogP contribution in [0.5, 0.6) is 0 Å². The Morgan fingerprint density at radius 1 is 1.45 bits per heavy atom. The van der Waals surface area contributed by atoms with Gasteiger partial charge in [0.15, 0.2) is 6.29 Å². The van der Waals surface area contributed by atoms with E-state index in [4.69, 9.17) is 14.7 Å². The molecule has 0 aromatic heterocycles. The molecule has 1 aromatic carbocycles. The molecule has 1 heterocycles. The molecule has 1 fully saturated rings. The van der Waals surface area contributed by atoms with Crippen molar-refractivity contribution in [2.24, 2.45) is 5.41 Å². The second-order valence-corrected chi connectivity index (χ2v) is 5.63. The van der Waals surface area contributed by atoms with E-state index in [1.165, 1.54) is 0 Å². The summed E-state index contributed by atoms with van der Waals surface area (Å²) < 4.78 is 11.4. The lowest BCUT2D eigenvalue weighted by Gasteiger charge is -2.34. The summed E-state index contributed by atoms with van der Waals surface area (Å²) in [5.41, 5.74) is 1.52. The van der Waals surface area contributed by atoms with Crippen LogP contribution >= 0.6 is 0 Å². The number of nitrogens with one attached hydrogen (secondary N) is 1. The molecule has 2 rings (SSSR count). The van der Waals surface area contributed by atoms with Crippen molar-refractivity contribution in [1.29, 1.82) is 5.26 Å². The zero-order valence-corrected chi connectivity index (χ0v) is 11.7. The highest BCUT2D eigenvalue weighted by Crippen LogP contribution is 2.31. The SMILES string of the molecule is CC1(C)COC(c2cccc(NC(=O)CC#N)c2)OC1. The van der Waals surface area contributed by atoms with Gasteiger partial charge in [0.1, 0.15) is 6.42 Å². The molecule has 1 saturated heterocycles. The molecule has 20 heavy (non-hydrogen) atoms. The Hall–Kier alpha value is -1.90. The summed E-state index contributed by atoms with van der Waals surface area (Å²) in [5, 5.41) is 11.1. The van der Waals surface area contributed by atoms with E-state index >= 15 is 0 Å². The number of carbonyl (C=O) groups is 1. The summed E-state index contributed by atoms with van der Waals surface area (Å²) >= 11 is 0. The van der Waals surface area contributed by atoms with E-state index < -0.39 is 6.29 Å². The smallest absolute Gasteiger partial charge is 0.238 e. The summed E-state index contributed by atoms with van der Waals surface area (Å²) in [6.45, 7) is 5.43. The van der Waals surface area contributed by atoms with Gasteiger partial charge in [-0.25, -0.2) is 0 Å². The molecular weight excluding hydrogens is 256 g/mol. The number of carbonyl (C=O) groups excluding carboxylic acids is 1. The maximum absolute atomic E-state index is 11.4. The molecule has 1 N–H and O–H groups in total. The largest absolute Gasteiger partial charge is 0.348 e. The van der Waals surface area contributed by atoms with E-state index in [9.17, 15) is 4.79 Å². The van der Waals surface area contributed by atoms with Crippen LogP contribution in [0, 0.1) is 16.7 Å². The Balaban J connectivity index is 2.03. The second kappa shape index (κ2) is 6.04. The summed E-state index contributed by atoms with van der Waals surface area (Å²) in [4.78, 5) is 11.4. The van der Waals surface area contributed by atoms with Crippen molar-refractivity contribution in [2.45, 2.75) is 26.6 Å². The summed E-state index contributed by atoms with van der Waals surface area (Å²) in [7, 11) is 0. The molecule has 5 nitrogen and oxygen atoms in total. The van der Waals surface area contributed by atoms with E-state index in [0.29, 0.717) is 18.9 Å². The molecule has 5 heteroatoms. The van der Waals surface area contributed by atoms with Crippen LogP contribution in [0.15, 0.2) is 24.3 Å². The van der Waals surface area contributed by atoms with Crippen molar-refractivity contribution in [3.05, 3.63) is 29.8 Å². The molecular formula is C15H18N2O3. The summed E-state index contributed by atoms with van der Waals surface area (Å²) in [6, 6.07) is 9.10.